The fourth-order valence-electron chi connectivity index (χ4n) is 3.16. The Morgan fingerprint density at radius 1 is 1.07 bits per heavy atom. The van der Waals surface area contributed by atoms with E-state index < -0.39 is 17.8 Å². The molecule has 3 rings (SSSR count). The monoisotopic (exact) mass is 397 g/mol. The molecule has 1 N–H and O–H groups in total. The second-order valence-corrected chi connectivity index (χ2v) is 6.81. The number of hydrogen-bond acceptors (Lipinski definition) is 2. The number of anilines is 2. The Morgan fingerprint density at radius 3 is 2.37 bits per heavy atom. The van der Waals surface area contributed by atoms with Crippen LogP contribution in [0.1, 0.15) is 11.1 Å². The standard InChI is InChI=1S/C19H19ClF3N3O/c1-13-12-14(20)6-7-17(13)25-8-10-26(11-9-25)18(27)24-16-5-3-2-4-15(16)19(21,22)23/h2-7,12H,8-11H2,1H3,(H,24,27). The quantitative estimate of drug-likeness (QED) is 0.772. The maximum absolute atomic E-state index is 13.1. The molecule has 0 unspecified atom stereocenters. The molecule has 27 heavy (non-hydrogen) atoms. The molecule has 0 bridgehead atoms. The molecule has 1 fully saturated rings. The summed E-state index contributed by atoms with van der Waals surface area (Å²) in [5.74, 6) is 0. The van der Waals surface area contributed by atoms with E-state index in [0.29, 0.717) is 31.2 Å². The Hall–Kier alpha value is -2.41. The number of para-hydroxylation sites is 1. The fraction of sp³-hybridized carbons (Fsp3) is 0.316. The molecule has 0 aliphatic carbocycles. The zero-order valence-electron chi connectivity index (χ0n) is 14.7. The van der Waals surface area contributed by atoms with Crippen LogP contribution in [0.15, 0.2) is 42.5 Å². The van der Waals surface area contributed by atoms with Crippen LogP contribution >= 0.6 is 11.6 Å². The van der Waals surface area contributed by atoms with Crippen LogP contribution in [0.25, 0.3) is 0 Å². The van der Waals surface area contributed by atoms with Crippen LogP contribution < -0.4 is 10.2 Å². The predicted octanol–water partition coefficient (Wildman–Crippen LogP) is 5.02. The minimum Gasteiger partial charge on any atom is -0.368 e. The number of piperazine rings is 1. The van der Waals surface area contributed by atoms with E-state index in [2.05, 4.69) is 10.2 Å². The molecule has 144 valence electrons. The van der Waals surface area contributed by atoms with Gasteiger partial charge in [0.05, 0.1) is 11.3 Å². The van der Waals surface area contributed by atoms with Gasteiger partial charge in [-0.1, -0.05) is 23.7 Å². The number of rotatable bonds is 2. The lowest BCUT2D eigenvalue weighted by atomic mass is 10.1. The Labute approximate surface area is 160 Å². The highest BCUT2D eigenvalue weighted by Crippen LogP contribution is 2.34. The van der Waals surface area contributed by atoms with E-state index in [9.17, 15) is 18.0 Å². The third kappa shape index (κ3) is 4.47. The average Bonchev–Trinajstić information content (AvgIpc) is 2.61. The number of amides is 2. The van der Waals surface area contributed by atoms with Crippen LogP contribution in [0, 0.1) is 6.92 Å². The molecule has 1 aliphatic heterocycles. The van der Waals surface area contributed by atoms with E-state index in [1.54, 1.807) is 0 Å². The number of halogens is 4. The van der Waals surface area contributed by atoms with E-state index in [1.165, 1.54) is 23.1 Å². The molecule has 0 radical (unpaired) electrons. The SMILES string of the molecule is Cc1cc(Cl)ccc1N1CCN(C(=O)Nc2ccccc2C(F)(F)F)CC1. The number of hydrogen-bond donors (Lipinski definition) is 1. The molecule has 2 aromatic rings. The molecular formula is C19H19ClF3N3O. The van der Waals surface area contributed by atoms with Crippen LogP contribution in [0.2, 0.25) is 5.02 Å². The van der Waals surface area contributed by atoms with Crippen LogP contribution in [0.5, 0.6) is 0 Å². The molecule has 2 amide bonds. The summed E-state index contributed by atoms with van der Waals surface area (Å²) in [6.45, 7) is 3.99. The van der Waals surface area contributed by atoms with Gasteiger partial charge in [-0.2, -0.15) is 13.2 Å². The van der Waals surface area contributed by atoms with Gasteiger partial charge < -0.3 is 15.1 Å². The van der Waals surface area contributed by atoms with Gasteiger partial charge in [0.1, 0.15) is 0 Å². The van der Waals surface area contributed by atoms with Crippen molar-refractivity contribution < 1.29 is 18.0 Å². The molecule has 1 saturated heterocycles. The predicted molar refractivity (Wildman–Crippen MR) is 100 cm³/mol. The molecule has 0 saturated carbocycles. The summed E-state index contributed by atoms with van der Waals surface area (Å²) in [7, 11) is 0. The Morgan fingerprint density at radius 2 is 1.74 bits per heavy atom. The van der Waals surface area contributed by atoms with Crippen molar-refractivity contribution in [1.29, 1.82) is 0 Å². The number of benzene rings is 2. The Balaban J connectivity index is 1.64. The van der Waals surface area contributed by atoms with Crippen LogP contribution in [0.4, 0.5) is 29.3 Å². The molecular weight excluding hydrogens is 379 g/mol. The zero-order valence-corrected chi connectivity index (χ0v) is 15.4. The number of nitrogens with zero attached hydrogens (tertiary/aromatic N) is 2. The van der Waals surface area contributed by atoms with Crippen molar-refractivity contribution in [2.45, 2.75) is 13.1 Å². The fourth-order valence-corrected chi connectivity index (χ4v) is 3.38. The Kier molecular flexibility index (Phi) is 5.51. The van der Waals surface area contributed by atoms with Gasteiger partial charge in [-0.3, -0.25) is 0 Å². The first-order valence-corrected chi connectivity index (χ1v) is 8.87. The van der Waals surface area contributed by atoms with Crippen molar-refractivity contribution >= 4 is 29.0 Å². The number of aryl methyl sites for hydroxylation is 1. The smallest absolute Gasteiger partial charge is 0.368 e. The third-order valence-corrected chi connectivity index (χ3v) is 4.78. The Bertz CT molecular complexity index is 833. The van der Waals surface area contributed by atoms with Crippen molar-refractivity contribution in [2.75, 3.05) is 36.4 Å². The number of urea groups is 1. The first kappa shape index (κ1) is 19.4. The first-order chi connectivity index (χ1) is 12.8. The normalized spacial score (nSPS) is 15.0. The van der Waals surface area contributed by atoms with E-state index in [0.717, 1.165) is 17.3 Å². The molecule has 1 heterocycles. The van der Waals surface area contributed by atoms with Crippen LogP contribution in [0.3, 0.4) is 0 Å². The van der Waals surface area contributed by atoms with E-state index in [1.807, 2.05) is 25.1 Å². The highest BCUT2D eigenvalue weighted by Gasteiger charge is 2.34. The van der Waals surface area contributed by atoms with Crippen LogP contribution in [-0.4, -0.2) is 37.1 Å². The number of carbonyl (C=O) groups excluding carboxylic acids is 1. The molecule has 0 spiro atoms. The second kappa shape index (κ2) is 7.68. The molecule has 2 aromatic carbocycles. The second-order valence-electron chi connectivity index (χ2n) is 6.38. The summed E-state index contributed by atoms with van der Waals surface area (Å²) in [6.07, 6.45) is -4.52. The lowest BCUT2D eigenvalue weighted by Crippen LogP contribution is -2.50. The maximum atomic E-state index is 13.1. The largest absolute Gasteiger partial charge is 0.418 e. The van der Waals surface area contributed by atoms with Crippen molar-refractivity contribution in [2.24, 2.45) is 0 Å². The van der Waals surface area contributed by atoms with Crippen molar-refractivity contribution in [3.63, 3.8) is 0 Å². The number of alkyl halides is 3. The van der Waals surface area contributed by atoms with Crippen molar-refractivity contribution in [3.05, 3.63) is 58.6 Å². The van der Waals surface area contributed by atoms with Gasteiger partial charge >= 0.3 is 12.2 Å². The van der Waals surface area contributed by atoms with Crippen molar-refractivity contribution in [1.82, 2.24) is 4.90 Å². The summed E-state index contributed by atoms with van der Waals surface area (Å²) in [5.41, 5.74) is 1.00. The topological polar surface area (TPSA) is 35.6 Å². The molecule has 8 heteroatoms. The molecule has 4 nitrogen and oxygen atoms in total. The maximum Gasteiger partial charge on any atom is 0.418 e. The van der Waals surface area contributed by atoms with Crippen molar-refractivity contribution in [3.8, 4) is 0 Å². The van der Waals surface area contributed by atoms with Gasteiger partial charge in [0.15, 0.2) is 0 Å². The third-order valence-electron chi connectivity index (χ3n) is 4.54. The molecule has 0 atom stereocenters. The minimum atomic E-state index is -4.52. The summed E-state index contributed by atoms with van der Waals surface area (Å²) in [5, 5.41) is 3.06. The minimum absolute atomic E-state index is 0.231. The van der Waals surface area contributed by atoms with E-state index >= 15 is 0 Å². The summed E-state index contributed by atoms with van der Waals surface area (Å²) in [4.78, 5) is 16.1. The molecule has 1 aliphatic rings. The summed E-state index contributed by atoms with van der Waals surface area (Å²) >= 11 is 5.98. The molecule has 0 aromatic heterocycles. The van der Waals surface area contributed by atoms with Gasteiger partial charge in [0.2, 0.25) is 0 Å². The average molecular weight is 398 g/mol. The highest BCUT2D eigenvalue weighted by atomic mass is 35.5. The van der Waals surface area contributed by atoms with Crippen LogP contribution in [-0.2, 0) is 6.18 Å². The first-order valence-electron chi connectivity index (χ1n) is 8.49. The van der Waals surface area contributed by atoms with Gasteiger partial charge in [0.25, 0.3) is 0 Å². The van der Waals surface area contributed by atoms with E-state index in [4.69, 9.17) is 11.6 Å². The van der Waals surface area contributed by atoms with Gasteiger partial charge in [-0.15, -0.1) is 0 Å². The lowest BCUT2D eigenvalue weighted by molar-refractivity contribution is -0.136. The number of nitrogens with one attached hydrogen (secondary N) is 1. The van der Waals surface area contributed by atoms with E-state index in [-0.39, 0.29) is 5.69 Å². The highest BCUT2D eigenvalue weighted by molar-refractivity contribution is 6.30. The number of carbonyl (C=O) groups is 1. The van der Waals surface area contributed by atoms with Gasteiger partial charge in [-0.05, 0) is 42.8 Å². The summed E-state index contributed by atoms with van der Waals surface area (Å²) in [6, 6.07) is 10.1. The van der Waals surface area contributed by atoms with Gasteiger partial charge in [-0.25, -0.2) is 4.79 Å². The zero-order chi connectivity index (χ0) is 19.6. The van der Waals surface area contributed by atoms with Gasteiger partial charge in [0, 0.05) is 36.9 Å². The summed E-state index contributed by atoms with van der Waals surface area (Å²) < 4.78 is 39.2. The lowest BCUT2D eigenvalue weighted by Gasteiger charge is -2.36.